The third-order valence-electron chi connectivity index (χ3n) is 2.87. The third kappa shape index (κ3) is 2.61. The van der Waals surface area contributed by atoms with E-state index in [0.717, 1.165) is 38.3 Å². The minimum Gasteiger partial charge on any atom is -0.336 e. The van der Waals surface area contributed by atoms with Crippen LogP contribution < -0.4 is 5.73 Å². The molecule has 0 unspecified atom stereocenters. The number of piperazine rings is 1. The van der Waals surface area contributed by atoms with Gasteiger partial charge in [0.1, 0.15) is 0 Å². The molecule has 0 bridgehead atoms. The van der Waals surface area contributed by atoms with Gasteiger partial charge in [-0.05, 0) is 11.4 Å². The molecule has 0 atom stereocenters. The van der Waals surface area contributed by atoms with Gasteiger partial charge in [0.05, 0.1) is 5.56 Å². The summed E-state index contributed by atoms with van der Waals surface area (Å²) in [5.74, 6) is 0.161. The van der Waals surface area contributed by atoms with Crippen molar-refractivity contribution in [3.8, 4) is 0 Å². The lowest BCUT2D eigenvalue weighted by Crippen LogP contribution is -2.49. The molecule has 2 heterocycles. The van der Waals surface area contributed by atoms with Gasteiger partial charge in [0.2, 0.25) is 0 Å². The van der Waals surface area contributed by atoms with Gasteiger partial charge in [-0.25, -0.2) is 0 Å². The average Bonchev–Trinajstić information content (AvgIpc) is 2.83. The van der Waals surface area contributed by atoms with Gasteiger partial charge in [-0.15, -0.1) is 0 Å². The highest BCUT2D eigenvalue weighted by atomic mass is 32.1. The van der Waals surface area contributed by atoms with Crippen LogP contribution in [0.3, 0.4) is 0 Å². The van der Waals surface area contributed by atoms with Crippen molar-refractivity contribution in [1.82, 2.24) is 9.80 Å². The second-order valence-electron chi connectivity index (χ2n) is 3.93. The molecule has 1 aliphatic rings. The summed E-state index contributed by atoms with van der Waals surface area (Å²) in [5.41, 5.74) is 6.33. The van der Waals surface area contributed by atoms with Crippen molar-refractivity contribution < 1.29 is 4.79 Å². The smallest absolute Gasteiger partial charge is 0.254 e. The fourth-order valence-corrected chi connectivity index (χ4v) is 2.56. The molecule has 0 radical (unpaired) electrons. The van der Waals surface area contributed by atoms with E-state index in [1.165, 1.54) is 0 Å². The molecule has 1 amide bonds. The zero-order chi connectivity index (χ0) is 11.4. The van der Waals surface area contributed by atoms with Crippen LogP contribution >= 0.6 is 11.3 Å². The van der Waals surface area contributed by atoms with Crippen molar-refractivity contribution in [3.63, 3.8) is 0 Å². The fraction of sp³-hybridized carbons (Fsp3) is 0.545. The summed E-state index contributed by atoms with van der Waals surface area (Å²) in [7, 11) is 0. The normalized spacial score (nSPS) is 17.7. The lowest BCUT2D eigenvalue weighted by molar-refractivity contribution is 0.0641. The second kappa shape index (κ2) is 5.43. The summed E-state index contributed by atoms with van der Waals surface area (Å²) in [6.07, 6.45) is 0. The van der Waals surface area contributed by atoms with Gasteiger partial charge in [-0.3, -0.25) is 9.69 Å². The largest absolute Gasteiger partial charge is 0.336 e. The Morgan fingerprint density at radius 2 is 2.12 bits per heavy atom. The van der Waals surface area contributed by atoms with Crippen LogP contribution in [-0.4, -0.2) is 55.0 Å². The van der Waals surface area contributed by atoms with Crippen molar-refractivity contribution >= 4 is 17.2 Å². The number of nitrogens with two attached hydrogens (primary N) is 1. The van der Waals surface area contributed by atoms with E-state index in [1.807, 2.05) is 21.7 Å². The van der Waals surface area contributed by atoms with Crippen LogP contribution in [0.2, 0.25) is 0 Å². The van der Waals surface area contributed by atoms with Crippen LogP contribution in [-0.2, 0) is 0 Å². The third-order valence-corrected chi connectivity index (χ3v) is 3.56. The molecule has 88 valence electrons. The number of carbonyl (C=O) groups is 1. The molecule has 0 spiro atoms. The highest BCUT2D eigenvalue weighted by Crippen LogP contribution is 2.11. The molecule has 0 aliphatic carbocycles. The molecular formula is C11H17N3OS. The SMILES string of the molecule is NCCN1CCN(C(=O)c2ccsc2)CC1. The summed E-state index contributed by atoms with van der Waals surface area (Å²) in [5, 5.41) is 3.85. The second-order valence-corrected chi connectivity index (χ2v) is 4.71. The molecule has 1 aliphatic heterocycles. The molecule has 1 saturated heterocycles. The van der Waals surface area contributed by atoms with Gasteiger partial charge in [-0.1, -0.05) is 0 Å². The Labute approximate surface area is 99.6 Å². The first-order valence-corrected chi connectivity index (χ1v) is 6.49. The summed E-state index contributed by atoms with van der Waals surface area (Å²) in [6.45, 7) is 5.13. The Balaban J connectivity index is 1.87. The molecule has 2 rings (SSSR count). The van der Waals surface area contributed by atoms with Crippen LogP contribution in [0.5, 0.6) is 0 Å². The van der Waals surface area contributed by atoms with Crippen molar-refractivity contribution in [3.05, 3.63) is 22.4 Å². The molecular weight excluding hydrogens is 222 g/mol. The number of carbonyl (C=O) groups excluding carboxylic acids is 1. The Morgan fingerprint density at radius 1 is 1.38 bits per heavy atom. The van der Waals surface area contributed by atoms with Gasteiger partial charge in [0.15, 0.2) is 0 Å². The van der Waals surface area contributed by atoms with Crippen LogP contribution in [0.25, 0.3) is 0 Å². The van der Waals surface area contributed by atoms with Crippen LogP contribution in [0.1, 0.15) is 10.4 Å². The molecule has 5 heteroatoms. The predicted octanol–water partition coefficient (Wildman–Crippen LogP) is 0.465. The number of rotatable bonds is 3. The van der Waals surface area contributed by atoms with Crippen LogP contribution in [0.15, 0.2) is 16.8 Å². The summed E-state index contributed by atoms with van der Waals surface area (Å²) in [6, 6.07) is 1.89. The highest BCUT2D eigenvalue weighted by Gasteiger charge is 2.21. The zero-order valence-corrected chi connectivity index (χ0v) is 10.1. The molecule has 1 aromatic rings. The van der Waals surface area contributed by atoms with E-state index >= 15 is 0 Å². The van der Waals surface area contributed by atoms with Gasteiger partial charge in [0.25, 0.3) is 5.91 Å². The van der Waals surface area contributed by atoms with Crippen molar-refractivity contribution in [2.75, 3.05) is 39.3 Å². The number of hydrogen-bond donors (Lipinski definition) is 1. The monoisotopic (exact) mass is 239 g/mol. The minimum atomic E-state index is 0.161. The maximum Gasteiger partial charge on any atom is 0.254 e. The molecule has 16 heavy (non-hydrogen) atoms. The molecule has 0 saturated carbocycles. The maximum atomic E-state index is 12.0. The average molecular weight is 239 g/mol. The van der Waals surface area contributed by atoms with E-state index in [0.29, 0.717) is 6.54 Å². The Kier molecular flexibility index (Phi) is 3.93. The summed E-state index contributed by atoms with van der Waals surface area (Å²) < 4.78 is 0. The lowest BCUT2D eigenvalue weighted by Gasteiger charge is -2.34. The lowest BCUT2D eigenvalue weighted by atomic mass is 10.2. The van der Waals surface area contributed by atoms with Crippen molar-refractivity contribution in [1.29, 1.82) is 0 Å². The van der Waals surface area contributed by atoms with E-state index in [-0.39, 0.29) is 5.91 Å². The minimum absolute atomic E-state index is 0.161. The van der Waals surface area contributed by atoms with Crippen LogP contribution in [0, 0.1) is 0 Å². The molecule has 1 aromatic heterocycles. The van der Waals surface area contributed by atoms with E-state index in [9.17, 15) is 4.79 Å². The molecule has 1 fully saturated rings. The van der Waals surface area contributed by atoms with E-state index in [2.05, 4.69) is 4.90 Å². The first-order valence-electron chi connectivity index (χ1n) is 5.55. The number of hydrogen-bond acceptors (Lipinski definition) is 4. The number of nitrogens with zero attached hydrogens (tertiary/aromatic N) is 2. The summed E-state index contributed by atoms with van der Waals surface area (Å²) in [4.78, 5) is 16.2. The van der Waals surface area contributed by atoms with Crippen molar-refractivity contribution in [2.24, 2.45) is 5.73 Å². The first kappa shape index (κ1) is 11.6. The highest BCUT2D eigenvalue weighted by molar-refractivity contribution is 7.08. The van der Waals surface area contributed by atoms with Gasteiger partial charge >= 0.3 is 0 Å². The molecule has 2 N–H and O–H groups in total. The summed E-state index contributed by atoms with van der Waals surface area (Å²) >= 11 is 1.57. The fourth-order valence-electron chi connectivity index (χ4n) is 1.93. The van der Waals surface area contributed by atoms with E-state index in [4.69, 9.17) is 5.73 Å². The quantitative estimate of drug-likeness (QED) is 0.834. The number of thiophene rings is 1. The number of amides is 1. The topological polar surface area (TPSA) is 49.6 Å². The molecule has 4 nitrogen and oxygen atoms in total. The Morgan fingerprint density at radius 3 is 2.69 bits per heavy atom. The van der Waals surface area contributed by atoms with Gasteiger partial charge in [-0.2, -0.15) is 11.3 Å². The maximum absolute atomic E-state index is 12.0. The van der Waals surface area contributed by atoms with Crippen molar-refractivity contribution in [2.45, 2.75) is 0 Å². The van der Waals surface area contributed by atoms with E-state index in [1.54, 1.807) is 11.3 Å². The van der Waals surface area contributed by atoms with Gasteiger partial charge in [0, 0.05) is 44.6 Å². The Hall–Kier alpha value is -0.910. The first-order chi connectivity index (χ1) is 7.81. The zero-order valence-electron chi connectivity index (χ0n) is 9.26. The predicted molar refractivity (Wildman–Crippen MR) is 65.7 cm³/mol. The van der Waals surface area contributed by atoms with E-state index < -0.39 is 0 Å². The molecule has 0 aromatic carbocycles. The standard InChI is InChI=1S/C11H17N3OS/c12-2-3-13-4-6-14(7-5-13)11(15)10-1-8-16-9-10/h1,8-9H,2-7,12H2. The van der Waals surface area contributed by atoms with Crippen LogP contribution in [0.4, 0.5) is 0 Å². The van der Waals surface area contributed by atoms with Gasteiger partial charge < -0.3 is 10.6 Å². The Bertz CT molecular complexity index is 331.